The molecule has 3 heteroatoms. The molecule has 1 aromatic heterocycles. The van der Waals surface area contributed by atoms with Gasteiger partial charge in [-0.15, -0.1) is 0 Å². The zero-order valence-corrected chi connectivity index (χ0v) is 12.5. The van der Waals surface area contributed by atoms with Crippen LogP contribution in [0.3, 0.4) is 0 Å². The lowest BCUT2D eigenvalue weighted by Gasteiger charge is -2.32. The SMILES string of the molecule is CCN(Cc1ccco1)C(C)CNC(C)(C)CC. The summed E-state index contributed by atoms with van der Waals surface area (Å²) in [5.41, 5.74) is 0.221. The van der Waals surface area contributed by atoms with Crippen molar-refractivity contribution in [1.82, 2.24) is 10.2 Å². The van der Waals surface area contributed by atoms with Gasteiger partial charge in [0.05, 0.1) is 12.8 Å². The van der Waals surface area contributed by atoms with Crippen molar-refractivity contribution in [2.45, 2.75) is 59.2 Å². The van der Waals surface area contributed by atoms with E-state index in [1.54, 1.807) is 6.26 Å². The number of likely N-dealkylation sites (N-methyl/N-ethyl adjacent to an activating group) is 1. The van der Waals surface area contributed by atoms with Crippen molar-refractivity contribution >= 4 is 0 Å². The highest BCUT2D eigenvalue weighted by molar-refractivity contribution is 4.98. The summed E-state index contributed by atoms with van der Waals surface area (Å²) < 4.78 is 5.42. The molecule has 1 atom stereocenters. The van der Waals surface area contributed by atoms with Gasteiger partial charge in [0, 0.05) is 18.1 Å². The zero-order chi connectivity index (χ0) is 13.6. The van der Waals surface area contributed by atoms with Gasteiger partial charge in [0.2, 0.25) is 0 Å². The van der Waals surface area contributed by atoms with Crippen LogP contribution >= 0.6 is 0 Å². The highest BCUT2D eigenvalue weighted by Crippen LogP contribution is 2.11. The third-order valence-electron chi connectivity index (χ3n) is 3.73. The maximum Gasteiger partial charge on any atom is 0.117 e. The van der Waals surface area contributed by atoms with Crippen molar-refractivity contribution in [1.29, 1.82) is 0 Å². The Morgan fingerprint density at radius 1 is 1.39 bits per heavy atom. The van der Waals surface area contributed by atoms with Crippen LogP contribution in [-0.4, -0.2) is 29.6 Å². The highest BCUT2D eigenvalue weighted by atomic mass is 16.3. The molecule has 0 aliphatic rings. The van der Waals surface area contributed by atoms with E-state index >= 15 is 0 Å². The first-order valence-corrected chi connectivity index (χ1v) is 7.00. The molecule has 104 valence electrons. The van der Waals surface area contributed by atoms with Crippen molar-refractivity contribution < 1.29 is 4.42 Å². The second kappa shape index (κ2) is 6.95. The molecule has 0 aromatic carbocycles. The third-order valence-corrected chi connectivity index (χ3v) is 3.73. The molecule has 3 nitrogen and oxygen atoms in total. The van der Waals surface area contributed by atoms with Gasteiger partial charge in [0.25, 0.3) is 0 Å². The molecule has 18 heavy (non-hydrogen) atoms. The number of nitrogens with zero attached hydrogens (tertiary/aromatic N) is 1. The van der Waals surface area contributed by atoms with Gasteiger partial charge in [-0.3, -0.25) is 4.90 Å². The molecule has 0 amide bonds. The van der Waals surface area contributed by atoms with E-state index < -0.39 is 0 Å². The first-order chi connectivity index (χ1) is 8.48. The molecule has 0 saturated carbocycles. The molecule has 1 rings (SSSR count). The molecule has 0 aliphatic carbocycles. The Labute approximate surface area is 112 Å². The van der Waals surface area contributed by atoms with E-state index in [4.69, 9.17) is 4.42 Å². The minimum absolute atomic E-state index is 0.221. The van der Waals surface area contributed by atoms with E-state index in [0.29, 0.717) is 6.04 Å². The fourth-order valence-electron chi connectivity index (χ4n) is 1.86. The lowest BCUT2D eigenvalue weighted by molar-refractivity contribution is 0.179. The van der Waals surface area contributed by atoms with E-state index in [2.05, 4.69) is 44.8 Å². The van der Waals surface area contributed by atoms with Crippen LogP contribution in [0.25, 0.3) is 0 Å². The van der Waals surface area contributed by atoms with E-state index in [0.717, 1.165) is 31.8 Å². The molecule has 1 unspecified atom stereocenters. The van der Waals surface area contributed by atoms with Crippen molar-refractivity contribution in [2.75, 3.05) is 13.1 Å². The number of hydrogen-bond donors (Lipinski definition) is 1. The first-order valence-electron chi connectivity index (χ1n) is 7.00. The second-order valence-electron chi connectivity index (χ2n) is 5.61. The van der Waals surface area contributed by atoms with Gasteiger partial charge in [-0.2, -0.15) is 0 Å². The molecule has 0 spiro atoms. The van der Waals surface area contributed by atoms with Gasteiger partial charge in [0.15, 0.2) is 0 Å². The van der Waals surface area contributed by atoms with Gasteiger partial charge in [0.1, 0.15) is 5.76 Å². The van der Waals surface area contributed by atoms with E-state index in [1.165, 1.54) is 0 Å². The van der Waals surface area contributed by atoms with Crippen LogP contribution in [0.2, 0.25) is 0 Å². The van der Waals surface area contributed by atoms with Crippen molar-refractivity contribution in [2.24, 2.45) is 0 Å². The molecule has 1 N–H and O–H groups in total. The molecule has 1 aromatic rings. The van der Waals surface area contributed by atoms with Crippen molar-refractivity contribution in [3.8, 4) is 0 Å². The standard InChI is InChI=1S/C15H28N2O/c1-6-15(4,5)16-11-13(3)17(7-2)12-14-9-8-10-18-14/h8-10,13,16H,6-7,11-12H2,1-5H3. The summed E-state index contributed by atoms with van der Waals surface area (Å²) in [7, 11) is 0. The van der Waals surface area contributed by atoms with Crippen LogP contribution in [0.1, 0.15) is 46.8 Å². The molecular formula is C15H28N2O. The second-order valence-corrected chi connectivity index (χ2v) is 5.61. The maximum atomic E-state index is 5.42. The Morgan fingerprint density at radius 3 is 2.61 bits per heavy atom. The molecule has 0 bridgehead atoms. The van der Waals surface area contributed by atoms with Crippen LogP contribution in [0, 0.1) is 0 Å². The summed E-state index contributed by atoms with van der Waals surface area (Å²) >= 11 is 0. The van der Waals surface area contributed by atoms with Crippen LogP contribution in [-0.2, 0) is 6.54 Å². The van der Waals surface area contributed by atoms with Crippen LogP contribution in [0.15, 0.2) is 22.8 Å². The minimum atomic E-state index is 0.221. The van der Waals surface area contributed by atoms with Gasteiger partial charge in [-0.1, -0.05) is 13.8 Å². The van der Waals surface area contributed by atoms with Crippen LogP contribution < -0.4 is 5.32 Å². The quantitative estimate of drug-likeness (QED) is 0.769. The number of nitrogens with one attached hydrogen (secondary N) is 1. The zero-order valence-electron chi connectivity index (χ0n) is 12.5. The van der Waals surface area contributed by atoms with E-state index in [9.17, 15) is 0 Å². The topological polar surface area (TPSA) is 28.4 Å². The largest absolute Gasteiger partial charge is 0.468 e. The Morgan fingerprint density at radius 2 is 2.11 bits per heavy atom. The Kier molecular flexibility index (Phi) is 5.89. The molecule has 0 radical (unpaired) electrons. The summed E-state index contributed by atoms with van der Waals surface area (Å²) in [6.45, 7) is 14.1. The van der Waals surface area contributed by atoms with Gasteiger partial charge < -0.3 is 9.73 Å². The summed E-state index contributed by atoms with van der Waals surface area (Å²) in [6, 6.07) is 4.50. The fraction of sp³-hybridized carbons (Fsp3) is 0.733. The summed E-state index contributed by atoms with van der Waals surface area (Å²) in [5, 5.41) is 3.63. The molecule has 0 saturated heterocycles. The lowest BCUT2D eigenvalue weighted by atomic mass is 10.0. The molecular weight excluding hydrogens is 224 g/mol. The Balaban J connectivity index is 2.44. The average molecular weight is 252 g/mol. The van der Waals surface area contributed by atoms with Crippen molar-refractivity contribution in [3.63, 3.8) is 0 Å². The predicted octanol–water partition coefficient (Wildman–Crippen LogP) is 3.27. The predicted molar refractivity (Wildman–Crippen MR) is 76.6 cm³/mol. The number of hydrogen-bond acceptors (Lipinski definition) is 3. The van der Waals surface area contributed by atoms with Gasteiger partial charge >= 0.3 is 0 Å². The van der Waals surface area contributed by atoms with E-state index in [-0.39, 0.29) is 5.54 Å². The fourth-order valence-corrected chi connectivity index (χ4v) is 1.86. The molecule has 0 fully saturated rings. The highest BCUT2D eigenvalue weighted by Gasteiger charge is 2.18. The summed E-state index contributed by atoms with van der Waals surface area (Å²) in [4.78, 5) is 2.43. The normalized spacial score (nSPS) is 14.1. The smallest absolute Gasteiger partial charge is 0.117 e. The lowest BCUT2D eigenvalue weighted by Crippen LogP contribution is -2.47. The Hall–Kier alpha value is -0.800. The minimum Gasteiger partial charge on any atom is -0.468 e. The van der Waals surface area contributed by atoms with Crippen LogP contribution in [0.4, 0.5) is 0 Å². The monoisotopic (exact) mass is 252 g/mol. The van der Waals surface area contributed by atoms with E-state index in [1.807, 2.05) is 12.1 Å². The Bertz CT molecular complexity index is 319. The average Bonchev–Trinajstić information content (AvgIpc) is 2.86. The van der Waals surface area contributed by atoms with Crippen LogP contribution in [0.5, 0.6) is 0 Å². The molecule has 0 aliphatic heterocycles. The third kappa shape index (κ3) is 4.83. The van der Waals surface area contributed by atoms with Crippen molar-refractivity contribution in [3.05, 3.63) is 24.2 Å². The molecule has 1 heterocycles. The summed E-state index contributed by atoms with van der Waals surface area (Å²) in [5.74, 6) is 1.04. The maximum absolute atomic E-state index is 5.42. The van der Waals surface area contributed by atoms with Gasteiger partial charge in [-0.05, 0) is 45.9 Å². The number of rotatable bonds is 8. The summed E-state index contributed by atoms with van der Waals surface area (Å²) in [6.07, 6.45) is 2.89. The first kappa shape index (κ1) is 15.3. The van der Waals surface area contributed by atoms with Gasteiger partial charge in [-0.25, -0.2) is 0 Å². The number of furan rings is 1.